The highest BCUT2D eigenvalue weighted by atomic mass is 32.2. The first-order chi connectivity index (χ1) is 6.81. The molecule has 2 unspecified atom stereocenters. The van der Waals surface area contributed by atoms with Crippen molar-refractivity contribution in [3.05, 3.63) is 11.1 Å². The van der Waals surface area contributed by atoms with Gasteiger partial charge >= 0.3 is 0 Å². The first-order valence-electron chi connectivity index (χ1n) is 5.60. The summed E-state index contributed by atoms with van der Waals surface area (Å²) in [7, 11) is 0. The molecule has 0 aromatic rings. The molecule has 0 N–H and O–H groups in total. The van der Waals surface area contributed by atoms with Crippen molar-refractivity contribution >= 4 is 23.5 Å². The second kappa shape index (κ2) is 4.84. The lowest BCUT2D eigenvalue weighted by Crippen LogP contribution is -2.32. The van der Waals surface area contributed by atoms with Crippen LogP contribution in [0.4, 0.5) is 0 Å². The molecule has 1 saturated heterocycles. The average molecular weight is 229 g/mol. The Kier molecular flexibility index (Phi) is 3.72. The molecule has 3 heteroatoms. The van der Waals surface area contributed by atoms with Gasteiger partial charge in [-0.2, -0.15) is 0 Å². The summed E-state index contributed by atoms with van der Waals surface area (Å²) in [5.74, 6) is 0. The molecule has 0 bridgehead atoms. The van der Waals surface area contributed by atoms with Crippen LogP contribution in [-0.2, 0) is 0 Å². The predicted molar refractivity (Wildman–Crippen MR) is 67.4 cm³/mol. The zero-order chi connectivity index (χ0) is 9.97. The summed E-state index contributed by atoms with van der Waals surface area (Å²) in [5, 5.41) is 2.25. The maximum Gasteiger partial charge on any atom is 0.0738 e. The van der Waals surface area contributed by atoms with Gasteiger partial charge in [0.15, 0.2) is 0 Å². The van der Waals surface area contributed by atoms with E-state index in [2.05, 4.69) is 48.3 Å². The molecular weight excluding hydrogens is 210 g/mol. The largest absolute Gasteiger partial charge is 0.355 e. The molecule has 0 aliphatic carbocycles. The molecule has 2 aliphatic rings. The number of nitrogens with zero attached hydrogens (tertiary/aromatic N) is 1. The molecule has 80 valence electrons. The fraction of sp³-hybridized carbons (Fsp3) is 0.818. The highest BCUT2D eigenvalue weighted by molar-refractivity contribution is 8.19. The second-order valence-corrected chi connectivity index (χ2v) is 6.99. The van der Waals surface area contributed by atoms with Crippen LogP contribution < -0.4 is 0 Å². The molecule has 2 aliphatic heterocycles. The quantitative estimate of drug-likeness (QED) is 0.723. The highest BCUT2D eigenvalue weighted by Crippen LogP contribution is 2.46. The van der Waals surface area contributed by atoms with Gasteiger partial charge in [0.25, 0.3) is 0 Å². The summed E-state index contributed by atoms with van der Waals surface area (Å²) >= 11 is 4.25. The number of thioether (sulfide) groups is 2. The van der Waals surface area contributed by atoms with Crippen LogP contribution in [0.2, 0.25) is 0 Å². The molecular formula is C11H19NS2. The van der Waals surface area contributed by atoms with Gasteiger partial charge in [0.05, 0.1) is 15.0 Å². The average Bonchev–Trinajstić information content (AvgIpc) is 2.63. The minimum Gasteiger partial charge on any atom is -0.355 e. The van der Waals surface area contributed by atoms with Crippen molar-refractivity contribution in [2.24, 2.45) is 0 Å². The Balaban J connectivity index is 1.91. The van der Waals surface area contributed by atoms with Crippen LogP contribution in [0.5, 0.6) is 0 Å². The number of unbranched alkanes of at least 4 members (excludes halogenated alkanes) is 1. The lowest BCUT2D eigenvalue weighted by atomic mass is 10.3. The fourth-order valence-electron chi connectivity index (χ4n) is 1.98. The van der Waals surface area contributed by atoms with E-state index in [1.54, 1.807) is 5.03 Å². The number of hydrogen-bond donors (Lipinski definition) is 0. The molecule has 0 aromatic heterocycles. The van der Waals surface area contributed by atoms with Crippen LogP contribution in [0.1, 0.15) is 39.5 Å². The maximum atomic E-state index is 2.55. The van der Waals surface area contributed by atoms with Crippen LogP contribution in [0.25, 0.3) is 0 Å². The normalized spacial score (nSPS) is 31.6. The lowest BCUT2D eigenvalue weighted by Gasteiger charge is -2.37. The summed E-state index contributed by atoms with van der Waals surface area (Å²) in [6.45, 7) is 5.88. The second-order valence-electron chi connectivity index (χ2n) is 3.95. The number of hydrogen-bond acceptors (Lipinski definition) is 3. The van der Waals surface area contributed by atoms with E-state index in [1.807, 2.05) is 0 Å². The van der Waals surface area contributed by atoms with E-state index in [4.69, 9.17) is 0 Å². The van der Waals surface area contributed by atoms with Gasteiger partial charge in [-0.1, -0.05) is 37.6 Å². The smallest absolute Gasteiger partial charge is 0.0738 e. The van der Waals surface area contributed by atoms with E-state index in [9.17, 15) is 0 Å². The van der Waals surface area contributed by atoms with Crippen molar-refractivity contribution in [2.45, 2.75) is 49.5 Å². The molecule has 1 nitrogen and oxygen atoms in total. The lowest BCUT2D eigenvalue weighted by molar-refractivity contribution is 0.388. The van der Waals surface area contributed by atoms with Crippen molar-refractivity contribution in [3.8, 4) is 0 Å². The molecule has 0 saturated carbocycles. The van der Waals surface area contributed by atoms with Crippen molar-refractivity contribution < 1.29 is 0 Å². The van der Waals surface area contributed by atoms with E-state index in [-0.39, 0.29) is 0 Å². The van der Waals surface area contributed by atoms with Crippen molar-refractivity contribution in [1.82, 2.24) is 4.90 Å². The third kappa shape index (κ3) is 2.25. The summed E-state index contributed by atoms with van der Waals surface area (Å²) in [5.41, 5.74) is 0. The van der Waals surface area contributed by atoms with Gasteiger partial charge in [-0.05, 0) is 19.8 Å². The molecule has 0 amide bonds. The fourth-order valence-corrected chi connectivity index (χ4v) is 5.31. The Bertz CT molecular complexity index is 227. The summed E-state index contributed by atoms with van der Waals surface area (Å²) in [4.78, 5) is 2.55. The van der Waals surface area contributed by atoms with Crippen molar-refractivity contribution in [3.63, 3.8) is 0 Å². The summed E-state index contributed by atoms with van der Waals surface area (Å²) < 4.78 is 0.811. The van der Waals surface area contributed by atoms with Gasteiger partial charge in [-0.3, -0.25) is 0 Å². The first kappa shape index (κ1) is 10.7. The minimum atomic E-state index is 0.701. The Morgan fingerprint density at radius 3 is 3.21 bits per heavy atom. The molecule has 0 radical (unpaired) electrons. The summed E-state index contributed by atoms with van der Waals surface area (Å²) in [6.07, 6.45) is 7.76. The highest BCUT2D eigenvalue weighted by Gasteiger charge is 2.31. The zero-order valence-electron chi connectivity index (χ0n) is 9.03. The molecule has 2 rings (SSSR count). The molecule has 0 spiro atoms. The monoisotopic (exact) mass is 229 g/mol. The van der Waals surface area contributed by atoms with E-state index >= 15 is 0 Å². The van der Waals surface area contributed by atoms with Gasteiger partial charge in [0, 0.05) is 6.54 Å². The van der Waals surface area contributed by atoms with Crippen LogP contribution in [0.15, 0.2) is 11.1 Å². The van der Waals surface area contributed by atoms with Gasteiger partial charge in [-0.25, -0.2) is 0 Å². The Labute approximate surface area is 95.7 Å². The topological polar surface area (TPSA) is 3.24 Å². The van der Waals surface area contributed by atoms with Gasteiger partial charge < -0.3 is 4.90 Å². The van der Waals surface area contributed by atoms with Crippen LogP contribution in [-0.4, -0.2) is 21.4 Å². The predicted octanol–water partition coefficient (Wildman–Crippen LogP) is 3.88. The Morgan fingerprint density at radius 1 is 1.57 bits per heavy atom. The van der Waals surface area contributed by atoms with Crippen LogP contribution >= 0.6 is 23.5 Å². The third-order valence-corrected chi connectivity index (χ3v) is 5.76. The standard InChI is InChI=1S/C11H19NS2/c1-3-4-7-11-13-9(2)12-8-5-6-10(12)14-11/h6,9,11H,3-5,7-8H2,1-2H3. The van der Waals surface area contributed by atoms with E-state index in [1.165, 1.54) is 32.2 Å². The minimum absolute atomic E-state index is 0.701. The summed E-state index contributed by atoms with van der Waals surface area (Å²) in [6, 6.07) is 0. The number of rotatable bonds is 3. The molecule has 1 fully saturated rings. The van der Waals surface area contributed by atoms with Crippen LogP contribution in [0.3, 0.4) is 0 Å². The van der Waals surface area contributed by atoms with E-state index in [0.29, 0.717) is 5.37 Å². The van der Waals surface area contributed by atoms with Crippen LogP contribution in [0, 0.1) is 0 Å². The Morgan fingerprint density at radius 2 is 2.43 bits per heavy atom. The van der Waals surface area contributed by atoms with Crippen molar-refractivity contribution in [1.29, 1.82) is 0 Å². The van der Waals surface area contributed by atoms with Gasteiger partial charge in [0.1, 0.15) is 0 Å². The SMILES string of the molecule is CCCCC1SC2=CCCN2C(C)S1. The third-order valence-electron chi connectivity index (χ3n) is 2.81. The first-order valence-corrected chi connectivity index (χ1v) is 7.42. The van der Waals surface area contributed by atoms with Gasteiger partial charge in [0.2, 0.25) is 0 Å². The van der Waals surface area contributed by atoms with E-state index in [0.717, 1.165) is 4.58 Å². The van der Waals surface area contributed by atoms with Crippen molar-refractivity contribution in [2.75, 3.05) is 6.54 Å². The molecule has 2 atom stereocenters. The molecule has 0 aromatic carbocycles. The molecule has 2 heterocycles. The van der Waals surface area contributed by atoms with Gasteiger partial charge in [-0.15, -0.1) is 11.8 Å². The number of fused-ring (bicyclic) bond motifs is 1. The zero-order valence-corrected chi connectivity index (χ0v) is 10.7. The molecule has 14 heavy (non-hydrogen) atoms. The van der Waals surface area contributed by atoms with E-state index < -0.39 is 0 Å². The maximum absolute atomic E-state index is 2.55. The Hall–Kier alpha value is 0.240.